The fourth-order valence-electron chi connectivity index (χ4n) is 2.57. The minimum Gasteiger partial charge on any atom is -0.495 e. The number of nitrogens with zero attached hydrogens (tertiary/aromatic N) is 1. The van der Waals surface area contributed by atoms with Crippen molar-refractivity contribution in [2.45, 2.75) is 19.9 Å². The number of ketones is 1. The van der Waals surface area contributed by atoms with Crippen molar-refractivity contribution in [3.63, 3.8) is 0 Å². The summed E-state index contributed by atoms with van der Waals surface area (Å²) in [5, 5.41) is 0. The lowest BCUT2D eigenvalue weighted by Crippen LogP contribution is -2.39. The minimum atomic E-state index is -0.264. The molecule has 4 heteroatoms. The lowest BCUT2D eigenvalue weighted by molar-refractivity contribution is 0.0964. The Hall–Kier alpha value is -2.49. The molecule has 2 rings (SSSR count). The van der Waals surface area contributed by atoms with Gasteiger partial charge in [0, 0.05) is 17.8 Å². The molecule has 0 saturated carbocycles. The predicted molar refractivity (Wildman–Crippen MR) is 90.7 cm³/mol. The Labute approximate surface area is 131 Å². The van der Waals surface area contributed by atoms with Crippen LogP contribution in [-0.2, 0) is 0 Å². The van der Waals surface area contributed by atoms with Crippen molar-refractivity contribution in [2.24, 2.45) is 0 Å². The lowest BCUT2D eigenvalue weighted by atomic mass is 10.0. The molecule has 2 N–H and O–H groups in total. The zero-order valence-corrected chi connectivity index (χ0v) is 13.2. The maximum absolute atomic E-state index is 12.7. The molecule has 22 heavy (non-hydrogen) atoms. The van der Waals surface area contributed by atoms with Crippen molar-refractivity contribution >= 4 is 17.2 Å². The van der Waals surface area contributed by atoms with Crippen LogP contribution in [0.2, 0.25) is 0 Å². The number of nitrogens with two attached hydrogens (primary N) is 1. The molecule has 1 atom stereocenters. The zero-order valence-electron chi connectivity index (χ0n) is 13.2. The predicted octanol–water partition coefficient (Wildman–Crippen LogP) is 3.38. The quantitative estimate of drug-likeness (QED) is 0.656. The summed E-state index contributed by atoms with van der Waals surface area (Å²) in [6, 6.07) is 14.8. The van der Waals surface area contributed by atoms with Gasteiger partial charge in [-0.25, -0.2) is 0 Å². The third-order valence-electron chi connectivity index (χ3n) is 3.79. The second kappa shape index (κ2) is 6.98. The van der Waals surface area contributed by atoms with E-state index in [2.05, 4.69) is 4.90 Å². The van der Waals surface area contributed by atoms with Crippen LogP contribution in [0.3, 0.4) is 0 Å². The fraction of sp³-hybridized carbons (Fsp3) is 0.278. The Morgan fingerprint density at radius 3 is 2.45 bits per heavy atom. The van der Waals surface area contributed by atoms with Crippen LogP contribution in [0.1, 0.15) is 24.2 Å². The number of hydrogen-bond donors (Lipinski definition) is 1. The number of benzene rings is 2. The van der Waals surface area contributed by atoms with Crippen LogP contribution >= 0.6 is 0 Å². The van der Waals surface area contributed by atoms with E-state index in [1.54, 1.807) is 25.3 Å². The smallest absolute Gasteiger partial charge is 0.185 e. The molecule has 2 aromatic rings. The highest BCUT2D eigenvalue weighted by molar-refractivity contribution is 6.02. The van der Waals surface area contributed by atoms with Gasteiger partial charge in [0.1, 0.15) is 5.75 Å². The van der Waals surface area contributed by atoms with Crippen LogP contribution in [0.25, 0.3) is 0 Å². The maximum atomic E-state index is 12.7. The molecule has 0 aliphatic carbocycles. The molecule has 0 fully saturated rings. The molecule has 116 valence electrons. The van der Waals surface area contributed by atoms with Crippen molar-refractivity contribution in [1.82, 2.24) is 0 Å². The van der Waals surface area contributed by atoms with Crippen LogP contribution < -0.4 is 15.4 Å². The molecule has 0 spiro atoms. The molecule has 1 unspecified atom stereocenters. The van der Waals surface area contributed by atoms with E-state index >= 15 is 0 Å². The first-order valence-corrected chi connectivity index (χ1v) is 7.38. The summed E-state index contributed by atoms with van der Waals surface area (Å²) in [5.41, 5.74) is 8.01. The molecule has 0 heterocycles. The summed E-state index contributed by atoms with van der Waals surface area (Å²) >= 11 is 0. The molecular formula is C18H22N2O2. The summed E-state index contributed by atoms with van der Waals surface area (Å²) < 4.78 is 5.13. The fourth-order valence-corrected chi connectivity index (χ4v) is 2.57. The third kappa shape index (κ3) is 3.22. The molecule has 0 aliphatic rings. The van der Waals surface area contributed by atoms with Crippen molar-refractivity contribution in [1.29, 1.82) is 0 Å². The van der Waals surface area contributed by atoms with E-state index in [0.29, 0.717) is 17.0 Å². The number of rotatable bonds is 6. The van der Waals surface area contributed by atoms with E-state index in [-0.39, 0.29) is 11.8 Å². The van der Waals surface area contributed by atoms with E-state index in [0.717, 1.165) is 12.2 Å². The number of methoxy groups -OCH3 is 1. The van der Waals surface area contributed by atoms with Gasteiger partial charge >= 0.3 is 0 Å². The zero-order chi connectivity index (χ0) is 16.1. The first-order chi connectivity index (χ1) is 10.6. The highest BCUT2D eigenvalue weighted by Crippen LogP contribution is 2.24. The summed E-state index contributed by atoms with van der Waals surface area (Å²) in [7, 11) is 1.56. The Morgan fingerprint density at radius 1 is 1.23 bits per heavy atom. The van der Waals surface area contributed by atoms with E-state index in [1.807, 2.05) is 44.2 Å². The van der Waals surface area contributed by atoms with Crippen molar-refractivity contribution in [3.8, 4) is 5.75 Å². The number of Topliss-reactive ketones (excluding diaryl/α,β-unsaturated/α-hetero) is 1. The van der Waals surface area contributed by atoms with Gasteiger partial charge in [-0.1, -0.05) is 18.2 Å². The second-order valence-corrected chi connectivity index (χ2v) is 5.12. The van der Waals surface area contributed by atoms with Gasteiger partial charge in [-0.15, -0.1) is 0 Å². The second-order valence-electron chi connectivity index (χ2n) is 5.12. The van der Waals surface area contributed by atoms with E-state index in [9.17, 15) is 4.79 Å². The van der Waals surface area contributed by atoms with Gasteiger partial charge in [0.05, 0.1) is 18.8 Å². The first kappa shape index (κ1) is 15.9. The van der Waals surface area contributed by atoms with Gasteiger partial charge in [-0.2, -0.15) is 0 Å². The monoisotopic (exact) mass is 298 g/mol. The van der Waals surface area contributed by atoms with Gasteiger partial charge in [0.25, 0.3) is 0 Å². The summed E-state index contributed by atoms with van der Waals surface area (Å²) in [4.78, 5) is 14.8. The van der Waals surface area contributed by atoms with Crippen molar-refractivity contribution in [3.05, 3.63) is 54.1 Å². The number of carbonyl (C=O) groups is 1. The molecule has 0 aromatic heterocycles. The normalized spacial score (nSPS) is 11.8. The maximum Gasteiger partial charge on any atom is 0.185 e. The van der Waals surface area contributed by atoms with Gasteiger partial charge in [-0.05, 0) is 44.2 Å². The van der Waals surface area contributed by atoms with E-state index < -0.39 is 0 Å². The van der Waals surface area contributed by atoms with Crippen LogP contribution in [0.5, 0.6) is 5.75 Å². The number of nitrogen functional groups attached to an aromatic ring is 1. The minimum absolute atomic E-state index is 0.0417. The van der Waals surface area contributed by atoms with Gasteiger partial charge in [-0.3, -0.25) is 4.79 Å². The van der Waals surface area contributed by atoms with Gasteiger partial charge < -0.3 is 15.4 Å². The largest absolute Gasteiger partial charge is 0.495 e. The molecule has 4 nitrogen and oxygen atoms in total. The van der Waals surface area contributed by atoms with E-state index in [1.165, 1.54) is 0 Å². The Morgan fingerprint density at radius 2 is 1.91 bits per heavy atom. The lowest BCUT2D eigenvalue weighted by Gasteiger charge is -2.29. The highest BCUT2D eigenvalue weighted by Gasteiger charge is 2.22. The van der Waals surface area contributed by atoms with Crippen LogP contribution in [0.15, 0.2) is 48.5 Å². The molecule has 2 aromatic carbocycles. The molecule has 0 saturated heterocycles. The summed E-state index contributed by atoms with van der Waals surface area (Å²) in [6.45, 7) is 4.71. The van der Waals surface area contributed by atoms with E-state index in [4.69, 9.17) is 10.5 Å². The SMILES string of the molecule is CCN(c1ccccc1)C(C)C(=O)c1ccc(OC)c(N)c1. The van der Waals surface area contributed by atoms with Crippen LogP contribution in [0, 0.1) is 0 Å². The Kier molecular flexibility index (Phi) is 5.04. The number of hydrogen-bond acceptors (Lipinski definition) is 4. The number of ether oxygens (including phenoxy) is 1. The number of anilines is 2. The average molecular weight is 298 g/mol. The topological polar surface area (TPSA) is 55.6 Å². The molecule has 0 amide bonds. The van der Waals surface area contributed by atoms with Gasteiger partial charge in [0.15, 0.2) is 5.78 Å². The van der Waals surface area contributed by atoms with Crippen molar-refractivity contribution in [2.75, 3.05) is 24.3 Å². The van der Waals surface area contributed by atoms with Crippen molar-refractivity contribution < 1.29 is 9.53 Å². The number of carbonyl (C=O) groups excluding carboxylic acids is 1. The first-order valence-electron chi connectivity index (χ1n) is 7.38. The molecule has 0 aliphatic heterocycles. The number of likely N-dealkylation sites (N-methyl/N-ethyl adjacent to an activating group) is 1. The standard InChI is InChI=1S/C18H22N2O2/c1-4-20(15-8-6-5-7-9-15)13(2)18(21)14-10-11-17(22-3)16(19)12-14/h5-13H,4,19H2,1-3H3. The Balaban J connectivity index is 2.26. The third-order valence-corrected chi connectivity index (χ3v) is 3.79. The van der Waals surface area contributed by atoms with Crippen LogP contribution in [0.4, 0.5) is 11.4 Å². The average Bonchev–Trinajstić information content (AvgIpc) is 2.55. The number of para-hydroxylation sites is 1. The highest BCUT2D eigenvalue weighted by atomic mass is 16.5. The summed E-state index contributed by atoms with van der Waals surface area (Å²) in [6.07, 6.45) is 0. The molecular weight excluding hydrogens is 276 g/mol. The molecule has 0 radical (unpaired) electrons. The van der Waals surface area contributed by atoms with Gasteiger partial charge in [0.2, 0.25) is 0 Å². The van der Waals surface area contributed by atoms with Crippen LogP contribution in [-0.4, -0.2) is 25.5 Å². The molecule has 0 bridgehead atoms. The summed E-state index contributed by atoms with van der Waals surface area (Å²) in [5.74, 6) is 0.625. The Bertz CT molecular complexity index is 641.